The van der Waals surface area contributed by atoms with Gasteiger partial charge in [-0.3, -0.25) is 4.31 Å². The van der Waals surface area contributed by atoms with E-state index in [-0.39, 0.29) is 17.1 Å². The lowest BCUT2D eigenvalue weighted by Crippen LogP contribution is -2.31. The van der Waals surface area contributed by atoms with Gasteiger partial charge in [0.05, 0.1) is 17.1 Å². The molecule has 0 unspecified atom stereocenters. The van der Waals surface area contributed by atoms with Gasteiger partial charge in [0.15, 0.2) is 0 Å². The highest BCUT2D eigenvalue weighted by Gasteiger charge is 2.25. The zero-order chi connectivity index (χ0) is 15.5. The van der Waals surface area contributed by atoms with E-state index in [1.807, 2.05) is 0 Å². The molecule has 0 fully saturated rings. The van der Waals surface area contributed by atoms with Gasteiger partial charge in [-0.1, -0.05) is 18.2 Å². The smallest absolute Gasteiger partial charge is 0.260 e. The Kier molecular flexibility index (Phi) is 4.37. The summed E-state index contributed by atoms with van der Waals surface area (Å²) in [5.41, 5.74) is -0.0817. The summed E-state index contributed by atoms with van der Waals surface area (Å²) in [4.78, 5) is -0.117. The molecule has 0 heterocycles. The molecule has 110 valence electrons. The van der Waals surface area contributed by atoms with Gasteiger partial charge in [-0.2, -0.15) is 0 Å². The summed E-state index contributed by atoms with van der Waals surface area (Å²) in [6.45, 7) is 3.39. The molecule has 0 bridgehead atoms. The average Bonchev–Trinajstić information content (AvgIpc) is 2.46. The fourth-order valence-electron chi connectivity index (χ4n) is 1.83. The first-order valence-corrected chi connectivity index (χ1v) is 7.54. The normalized spacial score (nSPS) is 11.1. The first-order chi connectivity index (χ1) is 9.96. The van der Waals surface area contributed by atoms with Crippen molar-refractivity contribution in [1.29, 1.82) is 0 Å². The number of benzene rings is 2. The van der Waals surface area contributed by atoms with Crippen LogP contribution in [0.2, 0.25) is 0 Å². The fraction of sp³-hybridized carbons (Fsp3) is 0.0667. The lowest BCUT2D eigenvalue weighted by Gasteiger charge is -2.23. The maximum Gasteiger partial charge on any atom is 0.264 e. The van der Waals surface area contributed by atoms with Gasteiger partial charge in [-0.25, -0.2) is 17.2 Å². The summed E-state index contributed by atoms with van der Waals surface area (Å²) < 4.78 is 52.8. The van der Waals surface area contributed by atoms with Crippen LogP contribution in [-0.4, -0.2) is 15.0 Å². The summed E-state index contributed by atoms with van der Waals surface area (Å²) in [7, 11) is -4.00. The van der Waals surface area contributed by atoms with Crippen molar-refractivity contribution in [2.24, 2.45) is 0 Å². The predicted molar refractivity (Wildman–Crippen MR) is 77.5 cm³/mol. The number of hydrogen-bond donors (Lipinski definition) is 0. The van der Waals surface area contributed by atoms with E-state index in [1.54, 1.807) is 0 Å². The van der Waals surface area contributed by atoms with E-state index in [0.29, 0.717) is 0 Å². The first kappa shape index (κ1) is 15.2. The van der Waals surface area contributed by atoms with Crippen molar-refractivity contribution in [2.75, 3.05) is 10.8 Å². The molecule has 0 aliphatic heterocycles. The summed E-state index contributed by atoms with van der Waals surface area (Å²) in [6, 6.07) is 9.90. The lowest BCUT2D eigenvalue weighted by molar-refractivity contribution is 0.586. The van der Waals surface area contributed by atoms with E-state index in [0.717, 1.165) is 28.6 Å². The number of nitrogens with zero attached hydrogens (tertiary/aromatic N) is 1. The van der Waals surface area contributed by atoms with Crippen molar-refractivity contribution in [3.05, 3.63) is 72.8 Å². The Hall–Kier alpha value is -2.21. The molecule has 0 saturated heterocycles. The molecule has 21 heavy (non-hydrogen) atoms. The average molecular weight is 309 g/mol. The second kappa shape index (κ2) is 6.05. The molecule has 0 radical (unpaired) electrons. The van der Waals surface area contributed by atoms with Gasteiger partial charge in [-0.15, -0.1) is 6.58 Å². The highest BCUT2D eigenvalue weighted by molar-refractivity contribution is 7.92. The van der Waals surface area contributed by atoms with Crippen molar-refractivity contribution >= 4 is 15.7 Å². The van der Waals surface area contributed by atoms with Gasteiger partial charge >= 0.3 is 0 Å². The molecule has 2 rings (SSSR count). The zero-order valence-corrected chi connectivity index (χ0v) is 11.9. The molecule has 0 N–H and O–H groups in total. The molecular formula is C15H13F2NO2S. The second-order valence-corrected chi connectivity index (χ2v) is 6.09. The van der Waals surface area contributed by atoms with E-state index >= 15 is 0 Å². The molecule has 3 nitrogen and oxygen atoms in total. The zero-order valence-electron chi connectivity index (χ0n) is 11.0. The fourth-order valence-corrected chi connectivity index (χ4v) is 3.27. The van der Waals surface area contributed by atoms with Crippen LogP contribution in [0.3, 0.4) is 0 Å². The van der Waals surface area contributed by atoms with Crippen molar-refractivity contribution in [3.63, 3.8) is 0 Å². The van der Waals surface area contributed by atoms with Gasteiger partial charge in [-0.05, 0) is 36.4 Å². The first-order valence-electron chi connectivity index (χ1n) is 6.10. The van der Waals surface area contributed by atoms with Crippen LogP contribution >= 0.6 is 0 Å². The van der Waals surface area contributed by atoms with Crippen LogP contribution in [-0.2, 0) is 10.0 Å². The van der Waals surface area contributed by atoms with Crippen molar-refractivity contribution < 1.29 is 17.2 Å². The van der Waals surface area contributed by atoms with Gasteiger partial charge in [0.1, 0.15) is 11.6 Å². The van der Waals surface area contributed by atoms with Gasteiger partial charge in [0.25, 0.3) is 10.0 Å². The molecule has 0 atom stereocenters. The standard InChI is InChI=1S/C15H13F2NO2S/c1-2-11-18(15-6-4-3-5-14(15)17)21(19,20)13-9-7-12(16)8-10-13/h2-10H,1,11H2. The van der Waals surface area contributed by atoms with Crippen molar-refractivity contribution in [3.8, 4) is 0 Å². The van der Waals surface area contributed by atoms with Gasteiger partial charge in [0, 0.05) is 0 Å². The van der Waals surface area contributed by atoms with E-state index in [9.17, 15) is 17.2 Å². The van der Waals surface area contributed by atoms with Crippen LogP contribution in [0.25, 0.3) is 0 Å². The van der Waals surface area contributed by atoms with Crippen molar-refractivity contribution in [1.82, 2.24) is 0 Å². The summed E-state index contributed by atoms with van der Waals surface area (Å²) in [5, 5.41) is 0. The Balaban J connectivity index is 2.54. The monoisotopic (exact) mass is 309 g/mol. The number of hydrogen-bond acceptors (Lipinski definition) is 2. The Bertz CT molecular complexity index is 743. The van der Waals surface area contributed by atoms with Gasteiger partial charge < -0.3 is 0 Å². The Morgan fingerprint density at radius 2 is 1.67 bits per heavy atom. The molecule has 0 aromatic heterocycles. The van der Waals surface area contributed by atoms with Crippen LogP contribution < -0.4 is 4.31 Å². The third kappa shape index (κ3) is 3.11. The largest absolute Gasteiger partial charge is 0.264 e. The van der Waals surface area contributed by atoms with Crippen molar-refractivity contribution in [2.45, 2.75) is 4.90 Å². The van der Waals surface area contributed by atoms with Crippen LogP contribution in [0, 0.1) is 11.6 Å². The minimum atomic E-state index is -4.00. The second-order valence-electron chi connectivity index (χ2n) is 4.23. The highest BCUT2D eigenvalue weighted by atomic mass is 32.2. The number of rotatable bonds is 5. The Morgan fingerprint density at radius 3 is 2.24 bits per heavy atom. The number of para-hydroxylation sites is 1. The van der Waals surface area contributed by atoms with Crippen LogP contribution in [0.15, 0.2) is 66.1 Å². The third-order valence-corrected chi connectivity index (χ3v) is 4.61. The Labute approximate surface area is 122 Å². The van der Waals surface area contributed by atoms with E-state index in [2.05, 4.69) is 6.58 Å². The maximum absolute atomic E-state index is 13.9. The molecule has 6 heteroatoms. The molecule has 2 aromatic carbocycles. The molecule has 0 spiro atoms. The minimum absolute atomic E-state index is 0.0817. The topological polar surface area (TPSA) is 37.4 Å². The van der Waals surface area contributed by atoms with E-state index < -0.39 is 21.7 Å². The Morgan fingerprint density at radius 1 is 1.05 bits per heavy atom. The van der Waals surface area contributed by atoms with Gasteiger partial charge in [0.2, 0.25) is 0 Å². The summed E-state index contributed by atoms with van der Waals surface area (Å²) >= 11 is 0. The lowest BCUT2D eigenvalue weighted by atomic mass is 10.3. The van der Waals surface area contributed by atoms with E-state index in [4.69, 9.17) is 0 Å². The van der Waals surface area contributed by atoms with E-state index in [1.165, 1.54) is 30.3 Å². The molecule has 2 aromatic rings. The van der Waals surface area contributed by atoms with Crippen LogP contribution in [0.5, 0.6) is 0 Å². The third-order valence-electron chi connectivity index (χ3n) is 2.82. The summed E-state index contributed by atoms with van der Waals surface area (Å²) in [6.07, 6.45) is 1.35. The summed E-state index contributed by atoms with van der Waals surface area (Å²) in [5.74, 6) is -1.21. The number of halogens is 2. The maximum atomic E-state index is 13.9. The number of anilines is 1. The predicted octanol–water partition coefficient (Wildman–Crippen LogP) is 3.35. The number of sulfonamides is 1. The molecule has 0 saturated carbocycles. The SMILES string of the molecule is C=CCN(c1ccccc1F)S(=O)(=O)c1ccc(F)cc1. The molecule has 0 aliphatic carbocycles. The molecular weight excluding hydrogens is 296 g/mol. The quantitative estimate of drug-likeness (QED) is 0.794. The van der Waals surface area contributed by atoms with Crippen LogP contribution in [0.1, 0.15) is 0 Å². The molecule has 0 aliphatic rings. The molecule has 0 amide bonds. The minimum Gasteiger partial charge on any atom is -0.260 e. The highest BCUT2D eigenvalue weighted by Crippen LogP contribution is 2.26. The van der Waals surface area contributed by atoms with Crippen LogP contribution in [0.4, 0.5) is 14.5 Å².